The molecule has 2 aromatic rings. The second-order valence-electron chi connectivity index (χ2n) is 11.4. The first-order valence-electron chi connectivity index (χ1n) is 13.3. The molecular weight excluding hydrogens is 418 g/mol. The summed E-state index contributed by atoms with van der Waals surface area (Å²) in [6.07, 6.45) is 8.42. The van der Waals surface area contributed by atoms with Crippen molar-refractivity contribution in [2.24, 2.45) is 5.92 Å². The molecule has 34 heavy (non-hydrogen) atoms. The minimum Gasteiger partial charge on any atom is -0.322 e. The maximum absolute atomic E-state index is 12.7. The van der Waals surface area contributed by atoms with Crippen LogP contribution in [0.2, 0.25) is 0 Å². The van der Waals surface area contributed by atoms with Gasteiger partial charge in [0.05, 0.1) is 0 Å². The molecule has 0 unspecified atom stereocenters. The van der Waals surface area contributed by atoms with Crippen molar-refractivity contribution >= 4 is 11.6 Å². The minimum absolute atomic E-state index is 0.0526. The van der Waals surface area contributed by atoms with Crippen LogP contribution in [0.15, 0.2) is 48.5 Å². The van der Waals surface area contributed by atoms with E-state index < -0.39 is 0 Å². The molecule has 0 spiro atoms. The Morgan fingerprint density at radius 3 is 2.15 bits per heavy atom. The molecule has 0 bridgehead atoms. The number of carbonyl (C=O) groups excluding carboxylic acids is 1. The number of nitrogens with zero attached hydrogens (tertiary/aromatic N) is 2. The van der Waals surface area contributed by atoms with E-state index in [1.807, 2.05) is 24.3 Å². The number of amides is 1. The predicted octanol–water partition coefficient (Wildman–Crippen LogP) is 6.32. The van der Waals surface area contributed by atoms with Crippen molar-refractivity contribution in [3.05, 3.63) is 65.2 Å². The molecule has 1 saturated carbocycles. The van der Waals surface area contributed by atoms with Crippen LogP contribution in [0.25, 0.3) is 0 Å². The third-order valence-electron chi connectivity index (χ3n) is 7.55. The van der Waals surface area contributed by atoms with Gasteiger partial charge in [0.25, 0.3) is 5.91 Å². The summed E-state index contributed by atoms with van der Waals surface area (Å²) in [5, 5.41) is 3.03. The molecule has 0 aromatic heterocycles. The predicted molar refractivity (Wildman–Crippen MR) is 142 cm³/mol. The fourth-order valence-electron chi connectivity index (χ4n) is 5.38. The molecule has 2 aromatic carbocycles. The normalized spacial score (nSPS) is 19.0. The van der Waals surface area contributed by atoms with Crippen LogP contribution in [0.3, 0.4) is 0 Å². The number of carbonyl (C=O) groups is 1. The van der Waals surface area contributed by atoms with Gasteiger partial charge in [0.15, 0.2) is 0 Å². The van der Waals surface area contributed by atoms with Gasteiger partial charge in [-0.3, -0.25) is 9.69 Å². The molecule has 1 N–H and O–H groups in total. The lowest BCUT2D eigenvalue weighted by molar-refractivity contribution is 0.102. The van der Waals surface area contributed by atoms with Gasteiger partial charge in [-0.15, -0.1) is 0 Å². The van der Waals surface area contributed by atoms with Crippen LogP contribution in [0.5, 0.6) is 0 Å². The van der Waals surface area contributed by atoms with Crippen LogP contribution in [-0.2, 0) is 12.0 Å². The van der Waals surface area contributed by atoms with E-state index in [0.29, 0.717) is 5.56 Å². The van der Waals surface area contributed by atoms with Crippen LogP contribution >= 0.6 is 0 Å². The zero-order chi connectivity index (χ0) is 24.0. The number of anilines is 1. The van der Waals surface area contributed by atoms with Gasteiger partial charge in [0, 0.05) is 37.4 Å². The van der Waals surface area contributed by atoms with Crippen LogP contribution in [0.1, 0.15) is 80.8 Å². The monoisotopic (exact) mass is 461 g/mol. The molecule has 0 radical (unpaired) electrons. The Morgan fingerprint density at radius 2 is 1.47 bits per heavy atom. The van der Waals surface area contributed by atoms with Gasteiger partial charge in [-0.25, -0.2) is 0 Å². The van der Waals surface area contributed by atoms with E-state index in [2.05, 4.69) is 60.2 Å². The second kappa shape index (κ2) is 11.5. The first-order chi connectivity index (χ1) is 16.4. The summed E-state index contributed by atoms with van der Waals surface area (Å²) in [6.45, 7) is 13.6. The average Bonchev–Trinajstić information content (AvgIpc) is 3.05. The maximum atomic E-state index is 12.7. The molecule has 1 aliphatic carbocycles. The van der Waals surface area contributed by atoms with Crippen molar-refractivity contribution in [1.82, 2.24) is 9.80 Å². The number of hydrogen-bond donors (Lipinski definition) is 1. The summed E-state index contributed by atoms with van der Waals surface area (Å²) in [7, 11) is 0. The first kappa shape index (κ1) is 24.9. The summed E-state index contributed by atoms with van der Waals surface area (Å²) in [6, 6.07) is 16.3. The van der Waals surface area contributed by atoms with E-state index in [9.17, 15) is 4.79 Å². The molecule has 4 heteroatoms. The lowest BCUT2D eigenvalue weighted by atomic mass is 9.87. The maximum Gasteiger partial charge on any atom is 0.255 e. The fourth-order valence-corrected chi connectivity index (χ4v) is 5.38. The quantitative estimate of drug-likeness (QED) is 0.546. The average molecular weight is 462 g/mol. The molecule has 184 valence electrons. The number of hydrogen-bond acceptors (Lipinski definition) is 3. The highest BCUT2D eigenvalue weighted by Crippen LogP contribution is 2.25. The van der Waals surface area contributed by atoms with Crippen molar-refractivity contribution in [2.75, 3.05) is 38.0 Å². The van der Waals surface area contributed by atoms with Gasteiger partial charge in [-0.05, 0) is 79.1 Å². The van der Waals surface area contributed by atoms with Crippen molar-refractivity contribution in [3.8, 4) is 0 Å². The highest BCUT2D eigenvalue weighted by Gasteiger charge is 2.20. The Bertz CT molecular complexity index is 908. The number of rotatable bonds is 6. The first-order valence-corrected chi connectivity index (χ1v) is 13.3. The van der Waals surface area contributed by atoms with Crippen molar-refractivity contribution < 1.29 is 4.79 Å². The van der Waals surface area contributed by atoms with Crippen LogP contribution in [0.4, 0.5) is 5.69 Å². The summed E-state index contributed by atoms with van der Waals surface area (Å²) < 4.78 is 0. The van der Waals surface area contributed by atoms with Crippen LogP contribution < -0.4 is 5.32 Å². The molecule has 2 aliphatic rings. The van der Waals surface area contributed by atoms with Gasteiger partial charge < -0.3 is 10.2 Å². The molecule has 4 rings (SSSR count). The number of nitrogens with one attached hydrogen (secondary N) is 1. The summed E-state index contributed by atoms with van der Waals surface area (Å²) in [5.74, 6) is 0.874. The topological polar surface area (TPSA) is 35.6 Å². The zero-order valence-corrected chi connectivity index (χ0v) is 21.5. The molecule has 2 fully saturated rings. The van der Waals surface area contributed by atoms with E-state index >= 15 is 0 Å². The van der Waals surface area contributed by atoms with E-state index in [0.717, 1.165) is 31.2 Å². The standard InChI is InChI=1S/C30H43N3O/c1-30(2,3)27-14-16-28(17-15-27)31-29(34)26-12-10-25(11-13-26)23-33-19-7-18-32(20-21-33)22-24-8-5-4-6-9-24/h10-17,24H,4-9,18-23H2,1-3H3,(H,31,34). The van der Waals surface area contributed by atoms with E-state index in [1.165, 1.54) is 69.3 Å². The largest absolute Gasteiger partial charge is 0.322 e. The fraction of sp³-hybridized carbons (Fsp3) is 0.567. The molecule has 1 heterocycles. The highest BCUT2D eigenvalue weighted by atomic mass is 16.1. The van der Waals surface area contributed by atoms with E-state index in [-0.39, 0.29) is 11.3 Å². The van der Waals surface area contributed by atoms with Gasteiger partial charge in [-0.2, -0.15) is 0 Å². The Morgan fingerprint density at radius 1 is 0.824 bits per heavy atom. The smallest absolute Gasteiger partial charge is 0.255 e. The third-order valence-corrected chi connectivity index (χ3v) is 7.55. The lowest BCUT2D eigenvalue weighted by Gasteiger charge is -2.29. The molecule has 0 atom stereocenters. The van der Waals surface area contributed by atoms with E-state index in [4.69, 9.17) is 0 Å². The van der Waals surface area contributed by atoms with Crippen LogP contribution in [-0.4, -0.2) is 48.4 Å². The summed E-state index contributed by atoms with van der Waals surface area (Å²) in [5.41, 5.74) is 4.20. The molecular formula is C30H43N3O. The van der Waals surface area contributed by atoms with Gasteiger partial charge in [0.2, 0.25) is 0 Å². The van der Waals surface area contributed by atoms with E-state index in [1.54, 1.807) is 0 Å². The lowest BCUT2D eigenvalue weighted by Crippen LogP contribution is -2.34. The highest BCUT2D eigenvalue weighted by molar-refractivity contribution is 6.04. The Kier molecular flexibility index (Phi) is 8.44. The Hall–Kier alpha value is -2.17. The molecule has 1 amide bonds. The van der Waals surface area contributed by atoms with Gasteiger partial charge in [0.1, 0.15) is 0 Å². The van der Waals surface area contributed by atoms with Crippen molar-refractivity contribution in [3.63, 3.8) is 0 Å². The zero-order valence-electron chi connectivity index (χ0n) is 21.5. The number of benzene rings is 2. The van der Waals surface area contributed by atoms with Gasteiger partial charge >= 0.3 is 0 Å². The Balaban J connectivity index is 1.25. The third kappa shape index (κ3) is 7.16. The summed E-state index contributed by atoms with van der Waals surface area (Å²) in [4.78, 5) is 18.0. The van der Waals surface area contributed by atoms with Gasteiger partial charge in [-0.1, -0.05) is 64.3 Å². The van der Waals surface area contributed by atoms with Crippen molar-refractivity contribution in [2.45, 2.75) is 71.3 Å². The Labute approximate surface area is 206 Å². The molecule has 1 aliphatic heterocycles. The SMILES string of the molecule is CC(C)(C)c1ccc(NC(=O)c2ccc(CN3CCCN(CC4CCCCC4)CC3)cc2)cc1. The second-order valence-corrected chi connectivity index (χ2v) is 11.4. The molecule has 4 nitrogen and oxygen atoms in total. The van der Waals surface area contributed by atoms with Crippen molar-refractivity contribution in [1.29, 1.82) is 0 Å². The van der Waals surface area contributed by atoms with Crippen LogP contribution in [0, 0.1) is 5.92 Å². The minimum atomic E-state index is -0.0526. The summed E-state index contributed by atoms with van der Waals surface area (Å²) >= 11 is 0. The molecule has 1 saturated heterocycles.